The first-order valence-corrected chi connectivity index (χ1v) is 9.86. The molecule has 148 valence electrons. The Morgan fingerprint density at radius 2 is 1.57 bits per heavy atom. The van der Waals surface area contributed by atoms with Gasteiger partial charge in [0.25, 0.3) is 0 Å². The normalized spacial score (nSPS) is 11.5. The number of hydrogen-bond donors (Lipinski definition) is 1. The van der Waals surface area contributed by atoms with Gasteiger partial charge in [0.2, 0.25) is 0 Å². The van der Waals surface area contributed by atoms with Crippen LogP contribution < -0.4 is 10.2 Å². The number of rotatable bonds is 7. The topological polar surface area (TPSA) is 58.9 Å². The maximum atomic E-state index is 4.35. The molecule has 0 aliphatic heterocycles. The largest absolute Gasteiger partial charge is 0.373 e. The van der Waals surface area contributed by atoms with Crippen LogP contribution in [0.3, 0.4) is 0 Å². The van der Waals surface area contributed by atoms with E-state index in [0.717, 1.165) is 41.4 Å². The monoisotopic (exact) mass is 378 g/mol. The predicted molar refractivity (Wildman–Crippen MR) is 115 cm³/mol. The molecular formula is C22H30N6. The van der Waals surface area contributed by atoms with Gasteiger partial charge in [-0.05, 0) is 87.4 Å². The van der Waals surface area contributed by atoms with Crippen molar-refractivity contribution in [1.29, 1.82) is 0 Å². The summed E-state index contributed by atoms with van der Waals surface area (Å²) in [4.78, 5) is 2.33. The lowest BCUT2D eigenvalue weighted by atomic mass is 10.0. The highest BCUT2D eigenvalue weighted by molar-refractivity contribution is 5.56. The first-order chi connectivity index (χ1) is 13.4. The van der Waals surface area contributed by atoms with Crippen molar-refractivity contribution in [2.24, 2.45) is 0 Å². The van der Waals surface area contributed by atoms with E-state index in [0.29, 0.717) is 0 Å². The van der Waals surface area contributed by atoms with E-state index in [4.69, 9.17) is 0 Å². The van der Waals surface area contributed by atoms with Crippen LogP contribution in [0.15, 0.2) is 42.5 Å². The van der Waals surface area contributed by atoms with E-state index in [-0.39, 0.29) is 0 Å². The van der Waals surface area contributed by atoms with Crippen molar-refractivity contribution in [1.82, 2.24) is 20.2 Å². The van der Waals surface area contributed by atoms with Gasteiger partial charge in [0.1, 0.15) is 0 Å². The van der Waals surface area contributed by atoms with E-state index < -0.39 is 5.54 Å². The minimum Gasteiger partial charge on any atom is -0.373 e. The van der Waals surface area contributed by atoms with Gasteiger partial charge < -0.3 is 10.2 Å². The van der Waals surface area contributed by atoms with Crippen molar-refractivity contribution in [2.45, 2.75) is 47.1 Å². The summed E-state index contributed by atoms with van der Waals surface area (Å²) >= 11 is 0. The highest BCUT2D eigenvalue weighted by Crippen LogP contribution is 2.28. The second kappa shape index (κ2) is 8.00. The molecule has 0 radical (unpaired) electrons. The fraction of sp³-hybridized carbons (Fsp3) is 0.409. The Balaban J connectivity index is 1.90. The molecule has 1 N–H and O–H groups in total. The number of hydrogen-bond acceptors (Lipinski definition) is 5. The van der Waals surface area contributed by atoms with Crippen LogP contribution in [-0.2, 0) is 5.54 Å². The lowest BCUT2D eigenvalue weighted by molar-refractivity contribution is 0.541. The minimum absolute atomic E-state index is 0.449. The van der Waals surface area contributed by atoms with Gasteiger partial charge in [0, 0.05) is 24.5 Å². The molecule has 0 atom stereocenters. The van der Waals surface area contributed by atoms with Crippen molar-refractivity contribution in [3.8, 4) is 5.69 Å². The Labute approximate surface area is 167 Å². The van der Waals surface area contributed by atoms with Gasteiger partial charge in [-0.15, -0.1) is 5.10 Å². The van der Waals surface area contributed by atoms with Gasteiger partial charge >= 0.3 is 0 Å². The lowest BCUT2D eigenvalue weighted by Crippen LogP contribution is -2.32. The van der Waals surface area contributed by atoms with Crippen molar-refractivity contribution in [3.05, 3.63) is 59.4 Å². The summed E-state index contributed by atoms with van der Waals surface area (Å²) in [7, 11) is 0. The number of para-hydroxylation sites is 1. The number of nitrogens with zero attached hydrogens (tertiary/aromatic N) is 5. The highest BCUT2D eigenvalue weighted by Gasteiger charge is 2.29. The molecule has 0 bridgehead atoms. The summed E-state index contributed by atoms with van der Waals surface area (Å²) in [5.41, 5.74) is 5.15. The number of benzene rings is 2. The second-order valence-corrected chi connectivity index (χ2v) is 7.62. The van der Waals surface area contributed by atoms with Gasteiger partial charge in [0.05, 0.1) is 11.2 Å². The quantitative estimate of drug-likeness (QED) is 0.657. The maximum absolute atomic E-state index is 4.35. The average Bonchev–Trinajstić information content (AvgIpc) is 3.14. The number of aryl methyl sites for hydroxylation is 2. The molecule has 1 aromatic heterocycles. The van der Waals surface area contributed by atoms with E-state index >= 15 is 0 Å². The lowest BCUT2D eigenvalue weighted by Gasteiger charge is -2.27. The van der Waals surface area contributed by atoms with Crippen LogP contribution >= 0.6 is 0 Å². The zero-order chi connectivity index (χ0) is 20.3. The molecule has 0 aliphatic rings. The second-order valence-electron chi connectivity index (χ2n) is 7.62. The third-order valence-corrected chi connectivity index (χ3v) is 5.13. The summed E-state index contributed by atoms with van der Waals surface area (Å²) in [6.07, 6.45) is 0. The van der Waals surface area contributed by atoms with Crippen LogP contribution in [0.4, 0.5) is 11.4 Å². The summed E-state index contributed by atoms with van der Waals surface area (Å²) in [5, 5.41) is 16.2. The molecule has 0 saturated carbocycles. The fourth-order valence-corrected chi connectivity index (χ4v) is 3.63. The Kier molecular flexibility index (Phi) is 5.68. The Morgan fingerprint density at radius 1 is 0.964 bits per heavy atom. The molecule has 0 fully saturated rings. The van der Waals surface area contributed by atoms with Crippen LogP contribution in [0.25, 0.3) is 5.69 Å². The number of nitrogens with one attached hydrogen (secondary N) is 1. The standard InChI is InChI=1S/C22H30N6/c1-7-27(8-2)19-14-12-18(13-15-19)23-22(5,6)21-24-25-26-28(21)20-16(3)10-9-11-17(20)4/h9-15,23H,7-8H2,1-6H3. The number of aromatic nitrogens is 4. The van der Waals surface area contributed by atoms with Crippen LogP contribution in [0.1, 0.15) is 44.6 Å². The first-order valence-electron chi connectivity index (χ1n) is 9.86. The molecule has 28 heavy (non-hydrogen) atoms. The summed E-state index contributed by atoms with van der Waals surface area (Å²) in [6, 6.07) is 14.8. The maximum Gasteiger partial charge on any atom is 0.181 e. The molecule has 1 heterocycles. The van der Waals surface area contributed by atoms with Crippen molar-refractivity contribution in [3.63, 3.8) is 0 Å². The molecular weight excluding hydrogens is 348 g/mol. The van der Waals surface area contributed by atoms with E-state index in [1.54, 1.807) is 0 Å². The van der Waals surface area contributed by atoms with E-state index in [1.807, 2.05) is 4.68 Å². The SMILES string of the molecule is CCN(CC)c1ccc(NC(C)(C)c2nnnn2-c2c(C)cccc2C)cc1. The molecule has 0 spiro atoms. The third-order valence-electron chi connectivity index (χ3n) is 5.13. The smallest absolute Gasteiger partial charge is 0.181 e. The molecule has 0 amide bonds. The average molecular weight is 379 g/mol. The van der Waals surface area contributed by atoms with Crippen LogP contribution in [-0.4, -0.2) is 33.3 Å². The fourth-order valence-electron chi connectivity index (χ4n) is 3.63. The molecule has 6 nitrogen and oxygen atoms in total. The van der Waals surface area contributed by atoms with E-state index in [9.17, 15) is 0 Å². The van der Waals surface area contributed by atoms with Gasteiger partial charge in [0.15, 0.2) is 5.82 Å². The number of tetrazole rings is 1. The molecule has 0 saturated heterocycles. The minimum atomic E-state index is -0.449. The molecule has 2 aromatic carbocycles. The Morgan fingerprint density at radius 3 is 2.14 bits per heavy atom. The summed E-state index contributed by atoms with van der Waals surface area (Å²) < 4.78 is 1.85. The highest BCUT2D eigenvalue weighted by atomic mass is 15.6. The van der Waals surface area contributed by atoms with Gasteiger partial charge in [-0.2, -0.15) is 4.68 Å². The van der Waals surface area contributed by atoms with E-state index in [1.165, 1.54) is 5.69 Å². The van der Waals surface area contributed by atoms with Crippen molar-refractivity contribution < 1.29 is 0 Å². The van der Waals surface area contributed by atoms with Crippen molar-refractivity contribution in [2.75, 3.05) is 23.3 Å². The Hall–Kier alpha value is -2.89. The molecule has 0 unspecified atom stereocenters. The first kappa shape index (κ1) is 19.9. The zero-order valence-corrected chi connectivity index (χ0v) is 17.7. The molecule has 3 aromatic rings. The summed E-state index contributed by atoms with van der Waals surface area (Å²) in [5.74, 6) is 0.776. The van der Waals surface area contributed by atoms with Crippen LogP contribution in [0, 0.1) is 13.8 Å². The molecule has 3 rings (SSSR count). The van der Waals surface area contributed by atoms with Crippen LogP contribution in [0.5, 0.6) is 0 Å². The molecule has 6 heteroatoms. The van der Waals surface area contributed by atoms with Gasteiger partial charge in [-0.3, -0.25) is 0 Å². The zero-order valence-electron chi connectivity index (χ0n) is 17.7. The van der Waals surface area contributed by atoms with Gasteiger partial charge in [-0.25, -0.2) is 0 Å². The number of anilines is 2. The Bertz CT molecular complexity index is 902. The third kappa shape index (κ3) is 3.86. The van der Waals surface area contributed by atoms with E-state index in [2.05, 4.69) is 110 Å². The van der Waals surface area contributed by atoms with Crippen molar-refractivity contribution >= 4 is 11.4 Å². The summed E-state index contributed by atoms with van der Waals surface area (Å²) in [6.45, 7) is 14.7. The predicted octanol–water partition coefficient (Wildman–Crippen LogP) is 4.47. The van der Waals surface area contributed by atoms with Crippen LogP contribution in [0.2, 0.25) is 0 Å². The van der Waals surface area contributed by atoms with Gasteiger partial charge in [-0.1, -0.05) is 18.2 Å². The molecule has 0 aliphatic carbocycles.